The Balaban J connectivity index is 1.91. The minimum absolute atomic E-state index is 0.0609. The average molecular weight is 372 g/mol. The molecule has 0 unspecified atom stereocenters. The van der Waals surface area contributed by atoms with Gasteiger partial charge < -0.3 is 21.7 Å². The number of carbonyl (C=O) groups is 3. The maximum atomic E-state index is 12.1. The summed E-state index contributed by atoms with van der Waals surface area (Å²) >= 11 is 1.31. The van der Waals surface area contributed by atoms with Crippen molar-refractivity contribution in [3.05, 3.63) is 54.1 Å². The topological polar surface area (TPSA) is 113 Å². The quantitative estimate of drug-likeness (QED) is 0.527. The number of hydrogen-bond acceptors (Lipinski definition) is 5. The second-order valence-electron chi connectivity index (χ2n) is 5.31. The van der Waals surface area contributed by atoms with Crippen molar-refractivity contribution in [2.75, 3.05) is 30.0 Å². The molecule has 26 heavy (non-hydrogen) atoms. The highest BCUT2D eigenvalue weighted by Crippen LogP contribution is 2.26. The molecule has 5 N–H and O–H groups in total. The SMILES string of the molecule is CNC(=O)c1ccc(NC(=O)CNc2ccccc2SCC(N)=O)cc1. The molecule has 0 radical (unpaired) electrons. The Labute approximate surface area is 155 Å². The Morgan fingerprint density at radius 1 is 1.04 bits per heavy atom. The third-order valence-corrected chi connectivity index (χ3v) is 4.45. The van der Waals surface area contributed by atoms with Crippen molar-refractivity contribution in [1.82, 2.24) is 5.32 Å². The normalized spacial score (nSPS) is 10.0. The summed E-state index contributed by atoms with van der Waals surface area (Å²) in [5.74, 6) is -0.646. The van der Waals surface area contributed by atoms with Crippen LogP contribution < -0.4 is 21.7 Å². The summed E-state index contributed by atoms with van der Waals surface area (Å²) in [5.41, 5.74) is 7.04. The molecule has 0 aliphatic heterocycles. The third-order valence-electron chi connectivity index (χ3n) is 3.35. The van der Waals surface area contributed by atoms with E-state index in [4.69, 9.17) is 5.73 Å². The molecule has 2 rings (SSSR count). The Bertz CT molecular complexity index is 793. The molecule has 0 atom stereocenters. The van der Waals surface area contributed by atoms with Gasteiger partial charge in [-0.2, -0.15) is 0 Å². The number of carbonyl (C=O) groups excluding carboxylic acids is 3. The molecular weight excluding hydrogens is 352 g/mol. The van der Waals surface area contributed by atoms with E-state index in [-0.39, 0.29) is 24.1 Å². The molecule has 0 spiro atoms. The van der Waals surface area contributed by atoms with Gasteiger partial charge in [0, 0.05) is 28.9 Å². The van der Waals surface area contributed by atoms with Crippen LogP contribution in [0.1, 0.15) is 10.4 Å². The van der Waals surface area contributed by atoms with Gasteiger partial charge in [0.05, 0.1) is 12.3 Å². The second kappa shape index (κ2) is 9.47. The Hall–Kier alpha value is -3.00. The monoisotopic (exact) mass is 372 g/mol. The first-order valence-corrected chi connectivity index (χ1v) is 8.84. The largest absolute Gasteiger partial charge is 0.375 e. The van der Waals surface area contributed by atoms with Crippen LogP contribution in [0, 0.1) is 0 Å². The molecule has 0 saturated carbocycles. The van der Waals surface area contributed by atoms with Gasteiger partial charge in [0.15, 0.2) is 0 Å². The first kappa shape index (κ1) is 19.3. The number of nitrogens with one attached hydrogen (secondary N) is 3. The maximum absolute atomic E-state index is 12.1. The molecule has 0 saturated heterocycles. The highest BCUT2D eigenvalue weighted by Gasteiger charge is 2.08. The van der Waals surface area contributed by atoms with Crippen molar-refractivity contribution in [3.63, 3.8) is 0 Å². The van der Waals surface area contributed by atoms with E-state index < -0.39 is 5.91 Å². The van der Waals surface area contributed by atoms with E-state index in [1.807, 2.05) is 24.3 Å². The summed E-state index contributed by atoms with van der Waals surface area (Å²) in [6, 6.07) is 14.0. The van der Waals surface area contributed by atoms with Gasteiger partial charge in [-0.15, -0.1) is 11.8 Å². The number of thioether (sulfide) groups is 1. The van der Waals surface area contributed by atoms with Gasteiger partial charge in [-0.05, 0) is 36.4 Å². The van der Waals surface area contributed by atoms with Crippen LogP contribution in [0.5, 0.6) is 0 Å². The highest BCUT2D eigenvalue weighted by atomic mass is 32.2. The first-order chi connectivity index (χ1) is 12.5. The lowest BCUT2D eigenvalue weighted by Crippen LogP contribution is -2.22. The van der Waals surface area contributed by atoms with Gasteiger partial charge in [-0.3, -0.25) is 14.4 Å². The number of anilines is 2. The Morgan fingerprint density at radius 3 is 2.38 bits per heavy atom. The van der Waals surface area contributed by atoms with Gasteiger partial charge in [-0.1, -0.05) is 12.1 Å². The summed E-state index contributed by atoms with van der Waals surface area (Å²) in [6.07, 6.45) is 0. The predicted octanol–water partition coefficient (Wildman–Crippen LogP) is 1.67. The summed E-state index contributed by atoms with van der Waals surface area (Å²) in [5, 5.41) is 8.33. The molecule has 136 valence electrons. The molecule has 7 nitrogen and oxygen atoms in total. The van der Waals surface area contributed by atoms with E-state index in [1.165, 1.54) is 11.8 Å². The summed E-state index contributed by atoms with van der Waals surface area (Å²) in [6.45, 7) is 0.0609. The molecule has 2 aromatic rings. The fourth-order valence-corrected chi connectivity index (χ4v) is 2.89. The number of hydrogen-bond donors (Lipinski definition) is 4. The lowest BCUT2D eigenvalue weighted by atomic mass is 10.2. The zero-order chi connectivity index (χ0) is 18.9. The smallest absolute Gasteiger partial charge is 0.251 e. The van der Waals surface area contributed by atoms with Gasteiger partial charge in [0.1, 0.15) is 0 Å². The van der Waals surface area contributed by atoms with Crippen molar-refractivity contribution in [1.29, 1.82) is 0 Å². The lowest BCUT2D eigenvalue weighted by molar-refractivity contribution is -0.116. The van der Waals surface area contributed by atoms with E-state index in [2.05, 4.69) is 16.0 Å². The summed E-state index contributed by atoms with van der Waals surface area (Å²) in [7, 11) is 1.56. The fourth-order valence-electron chi connectivity index (χ4n) is 2.12. The molecule has 0 heterocycles. The molecule has 3 amide bonds. The number of para-hydroxylation sites is 1. The van der Waals surface area contributed by atoms with E-state index in [9.17, 15) is 14.4 Å². The van der Waals surface area contributed by atoms with Gasteiger partial charge in [-0.25, -0.2) is 0 Å². The van der Waals surface area contributed by atoms with Crippen LogP contribution in [0.4, 0.5) is 11.4 Å². The number of amides is 3. The van der Waals surface area contributed by atoms with Crippen LogP contribution in [0.25, 0.3) is 0 Å². The third kappa shape index (κ3) is 5.82. The summed E-state index contributed by atoms with van der Waals surface area (Å²) in [4.78, 5) is 35.4. The first-order valence-electron chi connectivity index (χ1n) is 7.85. The molecule has 8 heteroatoms. The molecule has 0 aromatic heterocycles. The van der Waals surface area contributed by atoms with Gasteiger partial charge in [0.25, 0.3) is 5.91 Å². The molecule has 2 aromatic carbocycles. The molecule has 0 aliphatic carbocycles. The van der Waals surface area contributed by atoms with E-state index >= 15 is 0 Å². The van der Waals surface area contributed by atoms with Crippen molar-refractivity contribution in [2.45, 2.75) is 4.90 Å². The Kier molecular flexibility index (Phi) is 7.04. The average Bonchev–Trinajstić information content (AvgIpc) is 2.65. The molecule has 0 fully saturated rings. The number of nitrogens with two attached hydrogens (primary N) is 1. The van der Waals surface area contributed by atoms with Crippen LogP contribution >= 0.6 is 11.8 Å². The number of benzene rings is 2. The fraction of sp³-hybridized carbons (Fsp3) is 0.167. The highest BCUT2D eigenvalue weighted by molar-refractivity contribution is 8.00. The van der Waals surface area contributed by atoms with Crippen molar-refractivity contribution >= 4 is 40.9 Å². The van der Waals surface area contributed by atoms with Crippen molar-refractivity contribution in [2.24, 2.45) is 5.73 Å². The second-order valence-corrected chi connectivity index (χ2v) is 6.33. The molecule has 0 bridgehead atoms. The lowest BCUT2D eigenvalue weighted by Gasteiger charge is -2.11. The van der Waals surface area contributed by atoms with Crippen LogP contribution in [0.15, 0.2) is 53.4 Å². The van der Waals surface area contributed by atoms with Crippen molar-refractivity contribution < 1.29 is 14.4 Å². The minimum Gasteiger partial charge on any atom is -0.375 e. The van der Waals surface area contributed by atoms with Crippen molar-refractivity contribution in [3.8, 4) is 0 Å². The standard InChI is InChI=1S/C18H20N4O3S/c1-20-18(25)12-6-8-13(9-7-12)22-17(24)10-21-14-4-2-3-5-15(14)26-11-16(19)23/h2-9,21H,10-11H2,1H3,(H2,19,23)(H,20,25)(H,22,24). The van der Waals surface area contributed by atoms with Crippen LogP contribution in [-0.2, 0) is 9.59 Å². The number of primary amides is 1. The zero-order valence-corrected chi connectivity index (χ0v) is 15.1. The van der Waals surface area contributed by atoms with E-state index in [0.717, 1.165) is 10.6 Å². The molecular formula is C18H20N4O3S. The predicted molar refractivity (Wildman–Crippen MR) is 103 cm³/mol. The van der Waals surface area contributed by atoms with Crippen LogP contribution in [-0.4, -0.2) is 37.1 Å². The van der Waals surface area contributed by atoms with Gasteiger partial charge in [0.2, 0.25) is 11.8 Å². The summed E-state index contributed by atoms with van der Waals surface area (Å²) < 4.78 is 0. The van der Waals surface area contributed by atoms with Gasteiger partial charge >= 0.3 is 0 Å². The van der Waals surface area contributed by atoms with E-state index in [1.54, 1.807) is 31.3 Å². The molecule has 0 aliphatic rings. The minimum atomic E-state index is -0.400. The van der Waals surface area contributed by atoms with Crippen LogP contribution in [0.2, 0.25) is 0 Å². The van der Waals surface area contributed by atoms with Crippen LogP contribution in [0.3, 0.4) is 0 Å². The maximum Gasteiger partial charge on any atom is 0.251 e. The Morgan fingerprint density at radius 2 is 1.73 bits per heavy atom. The number of rotatable bonds is 8. The zero-order valence-electron chi connectivity index (χ0n) is 14.2. The van der Waals surface area contributed by atoms with E-state index in [0.29, 0.717) is 11.3 Å².